The summed E-state index contributed by atoms with van der Waals surface area (Å²) in [5.74, 6) is -3.06. The van der Waals surface area contributed by atoms with Crippen molar-refractivity contribution in [3.05, 3.63) is 48.0 Å². The van der Waals surface area contributed by atoms with Gasteiger partial charge in [-0.25, -0.2) is 4.79 Å². The van der Waals surface area contributed by atoms with Crippen molar-refractivity contribution in [1.82, 2.24) is 0 Å². The van der Waals surface area contributed by atoms with E-state index in [0.29, 0.717) is 6.42 Å². The Morgan fingerprint density at radius 1 is 0.923 bits per heavy atom. The van der Waals surface area contributed by atoms with E-state index in [9.17, 15) is 29.4 Å². The minimum absolute atomic E-state index is 0.0471. The minimum atomic E-state index is -1.23. The molecule has 4 atom stereocenters. The topological polar surface area (TPSA) is 136 Å². The van der Waals surface area contributed by atoms with Crippen molar-refractivity contribution in [2.45, 2.75) is 79.2 Å². The highest BCUT2D eigenvalue weighted by molar-refractivity contribution is 5.87. The van der Waals surface area contributed by atoms with Crippen LogP contribution in [0, 0.1) is 16.2 Å². The van der Waals surface area contributed by atoms with Crippen LogP contribution in [0.3, 0.4) is 0 Å². The van der Waals surface area contributed by atoms with Crippen LogP contribution in [0.2, 0.25) is 0 Å². The van der Waals surface area contributed by atoms with Gasteiger partial charge in [0.2, 0.25) is 0 Å². The molecule has 218 valence electrons. The second-order valence-electron chi connectivity index (χ2n) is 11.5. The molecule has 0 radical (unpaired) electrons. The average Bonchev–Trinajstić information content (AvgIpc) is 2.89. The summed E-state index contributed by atoms with van der Waals surface area (Å²) >= 11 is 0. The number of carbonyl (C=O) groups excluding carboxylic acids is 3. The normalized spacial score (nSPS) is 16.1. The fourth-order valence-electron chi connectivity index (χ4n) is 4.74. The van der Waals surface area contributed by atoms with Gasteiger partial charge in [-0.05, 0) is 71.8 Å². The van der Waals surface area contributed by atoms with Gasteiger partial charge in [-0.2, -0.15) is 0 Å². The monoisotopic (exact) mass is 548 g/mol. The average molecular weight is 549 g/mol. The van der Waals surface area contributed by atoms with Crippen molar-refractivity contribution < 1.29 is 43.6 Å². The quantitative estimate of drug-likeness (QED) is 0.171. The van der Waals surface area contributed by atoms with Gasteiger partial charge in [0.25, 0.3) is 0 Å². The molecule has 1 aromatic rings. The third kappa shape index (κ3) is 9.80. The Morgan fingerprint density at radius 2 is 1.46 bits per heavy atom. The van der Waals surface area contributed by atoms with Gasteiger partial charge in [0.15, 0.2) is 0 Å². The molecule has 9 heteroatoms. The second kappa shape index (κ2) is 14.3. The molecule has 0 aliphatic heterocycles. The Morgan fingerprint density at radius 3 is 1.95 bits per heavy atom. The molecule has 0 spiro atoms. The molecule has 9 nitrogen and oxygen atoms in total. The lowest BCUT2D eigenvalue weighted by atomic mass is 9.66. The van der Waals surface area contributed by atoms with Gasteiger partial charge in [-0.15, -0.1) is 0 Å². The van der Waals surface area contributed by atoms with E-state index in [2.05, 4.69) is 6.58 Å². The van der Waals surface area contributed by atoms with E-state index in [1.54, 1.807) is 27.7 Å². The predicted octanol–water partition coefficient (Wildman–Crippen LogP) is 4.67. The van der Waals surface area contributed by atoms with Crippen molar-refractivity contribution in [3.63, 3.8) is 0 Å². The number of ether oxygens (including phenoxy) is 3. The predicted molar refractivity (Wildman–Crippen MR) is 146 cm³/mol. The van der Waals surface area contributed by atoms with Crippen molar-refractivity contribution in [2.75, 3.05) is 20.3 Å². The number of rotatable bonds is 16. The SMILES string of the molecule is C=C(C)C(=O)OCC(O)COC(=O)C(C)(C)CC(C)(CC(CC(C)(CC)C(=O)O)c1ccccc1)C(=O)OC. The molecular weight excluding hydrogens is 504 g/mol. The Hall–Kier alpha value is -3.20. The largest absolute Gasteiger partial charge is 0.481 e. The third-order valence-electron chi connectivity index (χ3n) is 7.19. The molecule has 0 fully saturated rings. The van der Waals surface area contributed by atoms with E-state index in [-0.39, 0.29) is 37.4 Å². The number of esters is 3. The highest BCUT2D eigenvalue weighted by Crippen LogP contribution is 2.46. The highest BCUT2D eigenvalue weighted by atomic mass is 16.6. The van der Waals surface area contributed by atoms with E-state index in [1.807, 2.05) is 37.3 Å². The van der Waals surface area contributed by atoms with Gasteiger partial charge >= 0.3 is 23.9 Å². The first kappa shape index (κ1) is 33.8. The zero-order valence-corrected chi connectivity index (χ0v) is 24.2. The van der Waals surface area contributed by atoms with E-state index in [1.165, 1.54) is 14.0 Å². The first-order valence-electron chi connectivity index (χ1n) is 13.1. The maximum Gasteiger partial charge on any atom is 0.333 e. The number of hydrogen-bond acceptors (Lipinski definition) is 8. The molecule has 0 aliphatic rings. The van der Waals surface area contributed by atoms with E-state index in [0.717, 1.165) is 5.56 Å². The number of aliphatic hydroxyl groups excluding tert-OH is 1. The number of methoxy groups -OCH3 is 1. The van der Waals surface area contributed by atoms with Gasteiger partial charge < -0.3 is 24.4 Å². The molecule has 0 aromatic heterocycles. The minimum Gasteiger partial charge on any atom is -0.481 e. The van der Waals surface area contributed by atoms with Crippen molar-refractivity contribution in [3.8, 4) is 0 Å². The van der Waals surface area contributed by atoms with Gasteiger partial charge in [0.05, 0.1) is 23.4 Å². The van der Waals surface area contributed by atoms with Crippen LogP contribution in [0.4, 0.5) is 0 Å². The Kier molecular flexibility index (Phi) is 12.4. The van der Waals surface area contributed by atoms with Gasteiger partial charge in [-0.1, -0.05) is 43.8 Å². The molecule has 0 saturated heterocycles. The van der Waals surface area contributed by atoms with Crippen LogP contribution in [0.1, 0.15) is 78.7 Å². The van der Waals surface area contributed by atoms with Crippen LogP contribution in [-0.2, 0) is 33.4 Å². The molecule has 0 amide bonds. The molecule has 0 saturated carbocycles. The molecule has 0 bridgehead atoms. The standard InChI is InChI=1S/C30H44O9/c1-9-29(6,25(33)34)15-22(21-13-11-10-12-14-21)16-30(7,27(36)37-8)19-28(4,5)26(35)39-18-23(31)17-38-24(32)20(2)3/h10-14,22-23,31H,2,9,15-19H2,1,3-8H3,(H,33,34). The number of carbonyl (C=O) groups is 4. The van der Waals surface area contributed by atoms with Crippen LogP contribution in [0.5, 0.6) is 0 Å². The fraction of sp³-hybridized carbons (Fsp3) is 0.600. The smallest absolute Gasteiger partial charge is 0.333 e. The van der Waals surface area contributed by atoms with Gasteiger partial charge in [0.1, 0.15) is 19.3 Å². The number of carboxylic acids is 1. The summed E-state index contributed by atoms with van der Waals surface area (Å²) in [6, 6.07) is 9.40. The number of aliphatic hydroxyl groups is 1. The number of carboxylic acid groups (broad SMARTS) is 1. The van der Waals surface area contributed by atoms with E-state index in [4.69, 9.17) is 14.2 Å². The van der Waals surface area contributed by atoms with Crippen molar-refractivity contribution >= 4 is 23.9 Å². The van der Waals surface area contributed by atoms with Crippen LogP contribution in [0.15, 0.2) is 42.5 Å². The first-order chi connectivity index (χ1) is 18.0. The summed E-state index contributed by atoms with van der Waals surface area (Å²) in [6.45, 7) is 12.7. The molecule has 0 aliphatic carbocycles. The number of aliphatic carboxylic acids is 1. The molecule has 1 aromatic carbocycles. The van der Waals surface area contributed by atoms with Crippen LogP contribution in [0.25, 0.3) is 0 Å². The Labute approximate surface area is 231 Å². The third-order valence-corrected chi connectivity index (χ3v) is 7.19. The number of benzene rings is 1. The summed E-state index contributed by atoms with van der Waals surface area (Å²) in [7, 11) is 1.28. The molecule has 1 rings (SSSR count). The molecule has 4 unspecified atom stereocenters. The first-order valence-corrected chi connectivity index (χ1v) is 13.1. The summed E-state index contributed by atoms with van der Waals surface area (Å²) in [5.41, 5.74) is -2.28. The lowest BCUT2D eigenvalue weighted by molar-refractivity contribution is -0.164. The summed E-state index contributed by atoms with van der Waals surface area (Å²) < 4.78 is 15.3. The lowest BCUT2D eigenvalue weighted by Crippen LogP contribution is -2.41. The zero-order chi connectivity index (χ0) is 30.0. The molecular formula is C30H44O9. The van der Waals surface area contributed by atoms with Gasteiger partial charge in [-0.3, -0.25) is 14.4 Å². The maximum absolute atomic E-state index is 13.2. The van der Waals surface area contributed by atoms with Gasteiger partial charge in [0, 0.05) is 5.57 Å². The molecule has 39 heavy (non-hydrogen) atoms. The zero-order valence-electron chi connectivity index (χ0n) is 24.2. The van der Waals surface area contributed by atoms with E-state index >= 15 is 0 Å². The molecule has 2 N–H and O–H groups in total. The van der Waals surface area contributed by atoms with Crippen molar-refractivity contribution in [2.24, 2.45) is 16.2 Å². The van der Waals surface area contributed by atoms with Crippen molar-refractivity contribution in [1.29, 1.82) is 0 Å². The highest BCUT2D eigenvalue weighted by Gasteiger charge is 2.46. The molecule has 0 heterocycles. The summed E-state index contributed by atoms with van der Waals surface area (Å²) in [4.78, 5) is 49.8. The van der Waals surface area contributed by atoms with Crippen LogP contribution >= 0.6 is 0 Å². The summed E-state index contributed by atoms with van der Waals surface area (Å²) in [6.07, 6.45) is -0.253. The van der Waals surface area contributed by atoms with Crippen LogP contribution < -0.4 is 0 Å². The van der Waals surface area contributed by atoms with E-state index < -0.39 is 52.8 Å². The lowest BCUT2D eigenvalue weighted by Gasteiger charge is -2.38. The maximum atomic E-state index is 13.2. The Bertz CT molecular complexity index is 1020. The summed E-state index contributed by atoms with van der Waals surface area (Å²) in [5, 5.41) is 20.0. The Balaban J connectivity index is 3.16. The number of hydrogen-bond donors (Lipinski definition) is 2. The second-order valence-corrected chi connectivity index (χ2v) is 11.5. The fourth-order valence-corrected chi connectivity index (χ4v) is 4.74. The van der Waals surface area contributed by atoms with Crippen LogP contribution in [-0.4, -0.2) is 60.5 Å².